The van der Waals surface area contributed by atoms with E-state index in [9.17, 15) is 0 Å². The molecule has 0 amide bonds. The minimum atomic E-state index is -0.569. The second kappa shape index (κ2) is 9.07. The molecule has 0 radical (unpaired) electrons. The summed E-state index contributed by atoms with van der Waals surface area (Å²) in [5.74, 6) is 0. The first-order valence-electron chi connectivity index (χ1n) is 11.2. The third kappa shape index (κ3) is 4.21. The van der Waals surface area contributed by atoms with Crippen molar-refractivity contribution in [3.05, 3.63) is 119 Å². The Hall–Kier alpha value is -3.66. The van der Waals surface area contributed by atoms with Crippen LogP contribution in [-0.4, -0.2) is 0 Å². The second-order valence-electron chi connectivity index (χ2n) is 9.25. The van der Waals surface area contributed by atoms with Crippen LogP contribution in [0, 0.1) is 0 Å². The summed E-state index contributed by atoms with van der Waals surface area (Å²) >= 11 is 0. The average molecular weight is 441 g/mol. The zero-order valence-electron chi connectivity index (χ0n) is 20.2. The highest BCUT2D eigenvalue weighted by Crippen LogP contribution is 2.61. The van der Waals surface area contributed by atoms with Crippen molar-refractivity contribution in [1.82, 2.24) is 0 Å². The smallest absolute Gasteiger partial charge is 0.0447 e. The van der Waals surface area contributed by atoms with Crippen LogP contribution in [0.5, 0.6) is 0 Å². The Morgan fingerprint density at radius 1 is 1.03 bits per heavy atom. The van der Waals surface area contributed by atoms with Crippen molar-refractivity contribution in [3.8, 4) is 0 Å². The number of nitrogens with two attached hydrogens (primary N) is 4. The van der Waals surface area contributed by atoms with E-state index in [1.54, 1.807) is 0 Å². The molecule has 2 atom stereocenters. The summed E-state index contributed by atoms with van der Waals surface area (Å²) < 4.78 is 0. The average Bonchev–Trinajstić information content (AvgIpc) is 3.03. The molecule has 4 nitrogen and oxygen atoms in total. The largest absolute Gasteiger partial charge is 0.402 e. The number of rotatable bonds is 6. The van der Waals surface area contributed by atoms with Gasteiger partial charge in [0.1, 0.15) is 0 Å². The van der Waals surface area contributed by atoms with Crippen LogP contribution >= 0.6 is 0 Å². The van der Waals surface area contributed by atoms with Gasteiger partial charge in [0.15, 0.2) is 0 Å². The number of hydrogen-bond acceptors (Lipinski definition) is 4. The van der Waals surface area contributed by atoms with Gasteiger partial charge in [-0.25, -0.2) is 0 Å². The second-order valence-corrected chi connectivity index (χ2v) is 9.25. The van der Waals surface area contributed by atoms with Crippen molar-refractivity contribution in [2.24, 2.45) is 11.5 Å². The quantitative estimate of drug-likeness (QED) is 0.347. The molecule has 0 saturated heterocycles. The molecule has 0 spiro atoms. The predicted molar refractivity (Wildman–Crippen MR) is 142 cm³/mol. The maximum Gasteiger partial charge on any atom is 0.0447 e. The lowest BCUT2D eigenvalue weighted by Crippen LogP contribution is -2.32. The number of anilines is 2. The van der Waals surface area contributed by atoms with Crippen LogP contribution < -0.4 is 22.9 Å². The van der Waals surface area contributed by atoms with Gasteiger partial charge in [-0.3, -0.25) is 0 Å². The molecule has 172 valence electrons. The molecule has 1 aliphatic rings. The Labute approximate surface area is 198 Å². The van der Waals surface area contributed by atoms with Gasteiger partial charge in [-0.05, 0) is 73.7 Å². The summed E-state index contributed by atoms with van der Waals surface area (Å²) in [4.78, 5) is 0. The normalized spacial score (nSPS) is 23.7. The summed E-state index contributed by atoms with van der Waals surface area (Å²) in [6, 6.07) is 14.4. The van der Waals surface area contributed by atoms with Crippen LogP contribution in [0.15, 0.2) is 102 Å². The van der Waals surface area contributed by atoms with Crippen LogP contribution in [0.1, 0.15) is 50.8 Å². The maximum absolute atomic E-state index is 6.76. The van der Waals surface area contributed by atoms with E-state index in [1.807, 2.05) is 44.2 Å². The molecule has 4 heteroatoms. The molecule has 0 fully saturated rings. The van der Waals surface area contributed by atoms with Crippen LogP contribution in [-0.2, 0) is 10.8 Å². The Morgan fingerprint density at radius 3 is 2.27 bits per heavy atom. The summed E-state index contributed by atoms with van der Waals surface area (Å²) in [6.45, 7) is 12.2. The van der Waals surface area contributed by atoms with E-state index in [4.69, 9.17) is 22.9 Å². The number of allylic oxidation sites excluding steroid dienone is 8. The molecule has 0 bridgehead atoms. The highest BCUT2D eigenvalue weighted by molar-refractivity contribution is 5.74. The number of fused-ring (bicyclic) bond motifs is 1. The number of nitrogen functional groups attached to an aromatic ring is 2. The van der Waals surface area contributed by atoms with E-state index in [0.717, 1.165) is 28.7 Å². The van der Waals surface area contributed by atoms with E-state index in [1.165, 1.54) is 5.56 Å². The minimum Gasteiger partial charge on any atom is -0.402 e. The van der Waals surface area contributed by atoms with E-state index >= 15 is 0 Å². The lowest BCUT2D eigenvalue weighted by Gasteiger charge is -2.37. The first-order valence-corrected chi connectivity index (χ1v) is 11.2. The zero-order valence-corrected chi connectivity index (χ0v) is 20.2. The SMILES string of the molecule is C=C(N)/C=C(\C=C(/C)N)C1(/C(C)=C/C=C\C)CC(C)(c2ccccc2)c2cc(N)cc(N)c21. The Morgan fingerprint density at radius 2 is 1.70 bits per heavy atom. The van der Waals surface area contributed by atoms with Gasteiger partial charge in [0.2, 0.25) is 0 Å². The third-order valence-electron chi connectivity index (χ3n) is 6.67. The van der Waals surface area contributed by atoms with Gasteiger partial charge in [-0.15, -0.1) is 0 Å². The molecule has 0 heterocycles. The molecule has 3 rings (SSSR count). The molecular weight excluding hydrogens is 404 g/mol. The van der Waals surface area contributed by atoms with Crippen molar-refractivity contribution in [1.29, 1.82) is 0 Å². The summed E-state index contributed by atoms with van der Waals surface area (Å²) in [5.41, 5.74) is 32.5. The number of benzene rings is 2. The standard InChI is InChI=1S/C29H36N4/c1-6-7-11-19(2)29(23(14-20(3)30)15-21(4)31)18-28(5,22-12-9-8-10-13-22)25-16-24(32)17-26(33)27(25)29/h6-17H,3,18,30-33H2,1-2,4-5H3/b7-6-,19-11+,21-15+,23-14+. The lowest BCUT2D eigenvalue weighted by molar-refractivity contribution is 0.466. The Kier molecular flexibility index (Phi) is 6.59. The van der Waals surface area contributed by atoms with Crippen LogP contribution in [0.25, 0.3) is 0 Å². The molecule has 2 unspecified atom stereocenters. The topological polar surface area (TPSA) is 104 Å². The van der Waals surface area contributed by atoms with Crippen molar-refractivity contribution in [2.75, 3.05) is 11.5 Å². The van der Waals surface area contributed by atoms with E-state index < -0.39 is 5.41 Å². The Balaban J connectivity index is 2.53. The van der Waals surface area contributed by atoms with Gasteiger partial charge in [0, 0.05) is 33.6 Å². The van der Waals surface area contributed by atoms with Gasteiger partial charge in [-0.2, -0.15) is 0 Å². The minimum absolute atomic E-state index is 0.337. The molecule has 8 N–H and O–H groups in total. The van der Waals surface area contributed by atoms with E-state index in [-0.39, 0.29) is 5.41 Å². The van der Waals surface area contributed by atoms with Crippen molar-refractivity contribution < 1.29 is 0 Å². The van der Waals surface area contributed by atoms with Crippen molar-refractivity contribution in [3.63, 3.8) is 0 Å². The van der Waals surface area contributed by atoms with Gasteiger partial charge < -0.3 is 22.9 Å². The van der Waals surface area contributed by atoms with Gasteiger partial charge in [-0.1, -0.05) is 67.6 Å². The van der Waals surface area contributed by atoms with Gasteiger partial charge in [0.05, 0.1) is 0 Å². The zero-order chi connectivity index (χ0) is 24.4. The monoisotopic (exact) mass is 440 g/mol. The first-order chi connectivity index (χ1) is 15.6. The highest BCUT2D eigenvalue weighted by Gasteiger charge is 2.54. The summed E-state index contributed by atoms with van der Waals surface area (Å²) in [6.07, 6.45) is 10.9. The summed E-state index contributed by atoms with van der Waals surface area (Å²) in [7, 11) is 0. The molecule has 1 aliphatic carbocycles. The van der Waals surface area contributed by atoms with Gasteiger partial charge >= 0.3 is 0 Å². The molecule has 0 aromatic heterocycles. The maximum atomic E-state index is 6.76. The molecule has 0 saturated carbocycles. The lowest BCUT2D eigenvalue weighted by atomic mass is 9.66. The molecule has 0 aliphatic heterocycles. The summed E-state index contributed by atoms with van der Waals surface area (Å²) in [5, 5.41) is 0. The Bertz CT molecular complexity index is 1180. The van der Waals surface area contributed by atoms with E-state index in [0.29, 0.717) is 22.8 Å². The molecular formula is C29H36N4. The van der Waals surface area contributed by atoms with E-state index in [2.05, 4.69) is 62.9 Å². The highest BCUT2D eigenvalue weighted by atomic mass is 14.7. The van der Waals surface area contributed by atoms with Crippen LogP contribution in [0.2, 0.25) is 0 Å². The van der Waals surface area contributed by atoms with Crippen LogP contribution in [0.3, 0.4) is 0 Å². The van der Waals surface area contributed by atoms with Crippen molar-refractivity contribution in [2.45, 2.75) is 44.9 Å². The van der Waals surface area contributed by atoms with Gasteiger partial charge in [0.25, 0.3) is 0 Å². The fourth-order valence-electron chi connectivity index (χ4n) is 5.30. The third-order valence-corrected chi connectivity index (χ3v) is 6.67. The first kappa shape index (κ1) is 24.0. The predicted octanol–water partition coefficient (Wildman–Crippen LogP) is 5.58. The molecule has 2 aromatic carbocycles. The molecule has 2 aromatic rings. The van der Waals surface area contributed by atoms with Crippen molar-refractivity contribution >= 4 is 11.4 Å². The fourth-order valence-corrected chi connectivity index (χ4v) is 5.30. The number of hydrogen-bond donors (Lipinski definition) is 4. The fraction of sp³-hybridized carbons (Fsp3) is 0.241. The van der Waals surface area contributed by atoms with Crippen LogP contribution in [0.4, 0.5) is 11.4 Å². The molecule has 33 heavy (non-hydrogen) atoms.